The molecular weight excluding hydrogens is 240 g/mol. The maximum Gasteiger partial charge on any atom is 0.314 e. The molecule has 19 heavy (non-hydrogen) atoms. The average molecular weight is 258 g/mol. The van der Waals surface area contributed by atoms with Crippen LogP contribution >= 0.6 is 0 Å². The first-order valence-electron chi connectivity index (χ1n) is 6.45. The molecular formula is C15H18N2O2. The van der Waals surface area contributed by atoms with E-state index in [-0.39, 0.29) is 12.1 Å². The van der Waals surface area contributed by atoms with Crippen LogP contribution in [0.1, 0.15) is 31.7 Å². The highest BCUT2D eigenvalue weighted by molar-refractivity contribution is 5.80. The van der Waals surface area contributed by atoms with Crippen molar-refractivity contribution >= 4 is 17.0 Å². The Morgan fingerprint density at radius 3 is 3.00 bits per heavy atom. The number of fused-ring (bicyclic) bond motifs is 1. The van der Waals surface area contributed by atoms with Crippen molar-refractivity contribution in [1.29, 1.82) is 0 Å². The van der Waals surface area contributed by atoms with E-state index in [0.29, 0.717) is 0 Å². The molecule has 0 saturated heterocycles. The molecule has 0 amide bonds. The molecule has 2 N–H and O–H groups in total. The lowest BCUT2D eigenvalue weighted by Crippen LogP contribution is -1.97. The second kappa shape index (κ2) is 6.29. The van der Waals surface area contributed by atoms with E-state index in [0.717, 1.165) is 35.7 Å². The number of unbranched alkanes of at least 4 members (excludes halogenated alkanes) is 1. The van der Waals surface area contributed by atoms with E-state index in [1.165, 1.54) is 0 Å². The molecule has 0 aliphatic heterocycles. The third kappa shape index (κ3) is 4.03. The highest BCUT2D eigenvalue weighted by atomic mass is 16.3. The van der Waals surface area contributed by atoms with E-state index in [2.05, 4.69) is 16.0 Å². The number of allylic oxidation sites excluding steroid dienone is 1. The molecule has 1 aromatic carbocycles. The van der Waals surface area contributed by atoms with Crippen LogP contribution in [0.2, 0.25) is 0 Å². The number of hydrogen-bond acceptors (Lipinski definition) is 4. The predicted molar refractivity (Wildman–Crippen MR) is 75.8 cm³/mol. The Kier molecular flexibility index (Phi) is 4.47. The van der Waals surface area contributed by atoms with E-state index in [9.17, 15) is 5.11 Å². The van der Waals surface area contributed by atoms with Crippen molar-refractivity contribution in [3.8, 4) is 6.01 Å². The molecule has 0 saturated carbocycles. The summed E-state index contributed by atoms with van der Waals surface area (Å²) in [6, 6.07) is 5.61. The van der Waals surface area contributed by atoms with Gasteiger partial charge in [-0.25, -0.2) is 4.98 Å². The molecule has 2 aromatic rings. The topological polar surface area (TPSA) is 66.2 Å². The fraction of sp³-hybridized carbons (Fsp3) is 0.333. The largest absolute Gasteiger partial charge is 0.479 e. The number of aliphatic hydroxyl groups excluding tert-OH is 1. The molecule has 1 aromatic heterocycles. The fourth-order valence-electron chi connectivity index (χ4n) is 1.90. The molecule has 1 heterocycles. The van der Waals surface area contributed by atoms with Gasteiger partial charge in [0, 0.05) is 11.6 Å². The molecule has 0 aliphatic rings. The van der Waals surface area contributed by atoms with Crippen LogP contribution in [0.15, 0.2) is 30.5 Å². The molecule has 0 fully saturated rings. The number of nitrogens with zero attached hydrogens (tertiary/aromatic N) is 2. The van der Waals surface area contributed by atoms with Gasteiger partial charge in [-0.15, -0.1) is 0 Å². The summed E-state index contributed by atoms with van der Waals surface area (Å²) in [5, 5.41) is 19.2. The summed E-state index contributed by atoms with van der Waals surface area (Å²) >= 11 is 0. The van der Waals surface area contributed by atoms with Crippen LogP contribution in [0, 0.1) is 0 Å². The molecule has 4 heteroatoms. The number of benzene rings is 1. The summed E-state index contributed by atoms with van der Waals surface area (Å²) in [7, 11) is 0. The van der Waals surface area contributed by atoms with E-state index in [1.54, 1.807) is 6.20 Å². The molecule has 100 valence electrons. The van der Waals surface area contributed by atoms with Crippen LogP contribution in [0.4, 0.5) is 0 Å². The van der Waals surface area contributed by atoms with E-state index < -0.39 is 0 Å². The third-order valence-corrected chi connectivity index (χ3v) is 2.89. The number of aromatic nitrogens is 2. The van der Waals surface area contributed by atoms with Gasteiger partial charge in [-0.3, -0.25) is 0 Å². The van der Waals surface area contributed by atoms with Crippen molar-refractivity contribution in [2.75, 3.05) is 0 Å². The van der Waals surface area contributed by atoms with Crippen LogP contribution in [0.5, 0.6) is 6.01 Å². The molecule has 1 atom stereocenters. The lowest BCUT2D eigenvalue weighted by Gasteiger charge is -2.01. The van der Waals surface area contributed by atoms with Gasteiger partial charge < -0.3 is 10.2 Å². The zero-order valence-electron chi connectivity index (χ0n) is 11.0. The van der Waals surface area contributed by atoms with Crippen LogP contribution in [0.3, 0.4) is 0 Å². The minimum Gasteiger partial charge on any atom is -0.479 e. The van der Waals surface area contributed by atoms with Crippen LogP contribution < -0.4 is 0 Å². The summed E-state index contributed by atoms with van der Waals surface area (Å²) in [6.45, 7) is 1.81. The van der Waals surface area contributed by atoms with Crippen molar-refractivity contribution in [2.45, 2.75) is 32.3 Å². The lowest BCUT2D eigenvalue weighted by atomic mass is 10.1. The second-order valence-corrected chi connectivity index (χ2v) is 4.67. The van der Waals surface area contributed by atoms with Gasteiger partial charge in [0.2, 0.25) is 0 Å². The van der Waals surface area contributed by atoms with Crippen LogP contribution in [-0.2, 0) is 0 Å². The third-order valence-electron chi connectivity index (χ3n) is 2.89. The Hall–Kier alpha value is -1.94. The first kappa shape index (κ1) is 13.5. The van der Waals surface area contributed by atoms with Crippen molar-refractivity contribution in [2.24, 2.45) is 0 Å². The molecule has 2 rings (SSSR count). The summed E-state index contributed by atoms with van der Waals surface area (Å²) < 4.78 is 0. The fourth-order valence-corrected chi connectivity index (χ4v) is 1.90. The summed E-state index contributed by atoms with van der Waals surface area (Å²) in [5.74, 6) is 0. The van der Waals surface area contributed by atoms with Gasteiger partial charge in [0.15, 0.2) is 0 Å². The lowest BCUT2D eigenvalue weighted by molar-refractivity contribution is 0.182. The summed E-state index contributed by atoms with van der Waals surface area (Å²) in [5.41, 5.74) is 1.82. The quantitative estimate of drug-likeness (QED) is 0.809. The maximum atomic E-state index is 9.19. The first-order valence-corrected chi connectivity index (χ1v) is 6.45. The van der Waals surface area contributed by atoms with E-state index in [1.807, 2.05) is 31.2 Å². The number of aliphatic hydroxyl groups is 1. The van der Waals surface area contributed by atoms with Crippen molar-refractivity contribution in [1.82, 2.24) is 9.97 Å². The standard InChI is InChI=1S/C15H18N2O2/c1-11(18)5-3-2-4-6-12-7-8-14-13(9-12)10-16-15(19)17-14/h4,6-11,18H,2-3,5H2,1H3,(H,16,17,19)/b6-4+. The van der Waals surface area contributed by atoms with E-state index >= 15 is 0 Å². The second-order valence-electron chi connectivity index (χ2n) is 4.67. The molecule has 0 bridgehead atoms. The van der Waals surface area contributed by atoms with Crippen LogP contribution in [0.25, 0.3) is 17.0 Å². The minimum absolute atomic E-state index is 0.200. The molecule has 4 nitrogen and oxygen atoms in total. The molecule has 0 aliphatic carbocycles. The van der Waals surface area contributed by atoms with Gasteiger partial charge in [-0.2, -0.15) is 4.98 Å². The average Bonchev–Trinajstić information content (AvgIpc) is 2.38. The predicted octanol–water partition coefficient (Wildman–Crippen LogP) is 2.90. The van der Waals surface area contributed by atoms with Gasteiger partial charge in [0.05, 0.1) is 11.6 Å². The van der Waals surface area contributed by atoms with Gasteiger partial charge in [0.1, 0.15) is 0 Å². The van der Waals surface area contributed by atoms with Crippen molar-refractivity contribution in [3.63, 3.8) is 0 Å². The molecule has 0 spiro atoms. The Bertz CT molecular complexity index is 579. The Morgan fingerprint density at radius 1 is 1.37 bits per heavy atom. The van der Waals surface area contributed by atoms with Gasteiger partial charge in [-0.1, -0.05) is 18.2 Å². The molecule has 1 unspecified atom stereocenters. The Balaban J connectivity index is 2.01. The van der Waals surface area contributed by atoms with Gasteiger partial charge in [0.25, 0.3) is 0 Å². The summed E-state index contributed by atoms with van der Waals surface area (Å²) in [4.78, 5) is 7.71. The smallest absolute Gasteiger partial charge is 0.314 e. The first-order chi connectivity index (χ1) is 9.15. The number of hydrogen-bond donors (Lipinski definition) is 2. The SMILES string of the molecule is CC(O)CCC/C=C/c1ccc2nc(O)ncc2c1. The van der Waals surface area contributed by atoms with Crippen LogP contribution in [-0.4, -0.2) is 26.3 Å². The van der Waals surface area contributed by atoms with Gasteiger partial charge in [-0.05, 0) is 43.9 Å². The Morgan fingerprint density at radius 2 is 2.21 bits per heavy atom. The maximum absolute atomic E-state index is 9.19. The highest BCUT2D eigenvalue weighted by Gasteiger charge is 1.98. The van der Waals surface area contributed by atoms with Crippen molar-refractivity contribution in [3.05, 3.63) is 36.0 Å². The van der Waals surface area contributed by atoms with Crippen molar-refractivity contribution < 1.29 is 10.2 Å². The Labute approximate surface area is 112 Å². The monoisotopic (exact) mass is 258 g/mol. The van der Waals surface area contributed by atoms with E-state index in [4.69, 9.17) is 5.11 Å². The normalized spacial score (nSPS) is 13.2. The zero-order chi connectivity index (χ0) is 13.7. The minimum atomic E-state index is -0.223. The van der Waals surface area contributed by atoms with Gasteiger partial charge >= 0.3 is 6.01 Å². The highest BCUT2D eigenvalue weighted by Crippen LogP contribution is 2.16. The number of rotatable bonds is 5. The zero-order valence-corrected chi connectivity index (χ0v) is 11.0. The molecule has 0 radical (unpaired) electrons. The number of aromatic hydroxyl groups is 1. The summed E-state index contributed by atoms with van der Waals surface area (Å²) in [6.07, 6.45) is 8.31.